The van der Waals surface area contributed by atoms with Crippen molar-refractivity contribution in [3.8, 4) is 0 Å². The molecule has 0 saturated carbocycles. The number of hydrogen-bond donors (Lipinski definition) is 1. The minimum absolute atomic E-state index is 0.258. The van der Waals surface area contributed by atoms with Crippen LogP contribution in [0.1, 0.15) is 13.3 Å². The van der Waals surface area contributed by atoms with E-state index < -0.39 is 0 Å². The van der Waals surface area contributed by atoms with Gasteiger partial charge < -0.3 is 10.5 Å². The minimum atomic E-state index is 0.258. The summed E-state index contributed by atoms with van der Waals surface area (Å²) in [6, 6.07) is 1.78. The van der Waals surface area contributed by atoms with E-state index in [0.717, 1.165) is 30.7 Å². The van der Waals surface area contributed by atoms with Crippen LogP contribution in [0, 0.1) is 5.92 Å². The maximum Gasteiger partial charge on any atom is 0.202 e. The highest BCUT2D eigenvalue weighted by atomic mass is 35.5. The predicted molar refractivity (Wildman–Crippen MR) is 70.5 cm³/mol. The zero-order valence-corrected chi connectivity index (χ0v) is 10.9. The lowest BCUT2D eigenvalue weighted by molar-refractivity contribution is 0.102. The molecule has 2 aromatic rings. The number of rotatable bonds is 2. The van der Waals surface area contributed by atoms with Crippen molar-refractivity contribution >= 4 is 28.7 Å². The van der Waals surface area contributed by atoms with Gasteiger partial charge in [-0.3, -0.25) is 4.57 Å². The Morgan fingerprint density at radius 2 is 2.44 bits per heavy atom. The van der Waals surface area contributed by atoms with Gasteiger partial charge in [0.25, 0.3) is 0 Å². The van der Waals surface area contributed by atoms with E-state index in [1.54, 1.807) is 12.3 Å². The summed E-state index contributed by atoms with van der Waals surface area (Å²) in [5.41, 5.74) is 7.49. The Balaban J connectivity index is 1.98. The van der Waals surface area contributed by atoms with E-state index in [4.69, 9.17) is 22.1 Å². The summed E-state index contributed by atoms with van der Waals surface area (Å²) >= 11 is 5.90. The molecule has 1 aliphatic heterocycles. The van der Waals surface area contributed by atoms with Crippen LogP contribution in [0.2, 0.25) is 5.02 Å². The highest BCUT2D eigenvalue weighted by molar-refractivity contribution is 6.31. The molecule has 6 heteroatoms. The molecule has 1 aliphatic rings. The number of aromatic nitrogens is 3. The largest absolute Gasteiger partial charge is 0.378 e. The van der Waals surface area contributed by atoms with Crippen molar-refractivity contribution in [2.75, 3.05) is 12.3 Å². The van der Waals surface area contributed by atoms with E-state index in [1.165, 1.54) is 0 Å². The molecule has 0 spiro atoms. The Morgan fingerprint density at radius 1 is 1.61 bits per heavy atom. The van der Waals surface area contributed by atoms with Gasteiger partial charge in [-0.1, -0.05) is 11.6 Å². The van der Waals surface area contributed by atoms with Crippen molar-refractivity contribution in [3.05, 3.63) is 17.3 Å². The molecule has 2 aromatic heterocycles. The van der Waals surface area contributed by atoms with Gasteiger partial charge in [-0.05, 0) is 19.4 Å². The summed E-state index contributed by atoms with van der Waals surface area (Å²) in [6.45, 7) is 3.70. The molecule has 0 bridgehead atoms. The summed E-state index contributed by atoms with van der Waals surface area (Å²) in [5.74, 6) is 0.945. The van der Waals surface area contributed by atoms with Crippen LogP contribution in [0.5, 0.6) is 0 Å². The van der Waals surface area contributed by atoms with Crippen LogP contribution in [-0.2, 0) is 11.3 Å². The molecule has 18 heavy (non-hydrogen) atoms. The summed E-state index contributed by atoms with van der Waals surface area (Å²) in [6.07, 6.45) is 2.93. The third kappa shape index (κ3) is 1.93. The van der Waals surface area contributed by atoms with E-state index in [9.17, 15) is 0 Å². The summed E-state index contributed by atoms with van der Waals surface area (Å²) in [7, 11) is 0. The molecule has 2 atom stereocenters. The van der Waals surface area contributed by atoms with Crippen molar-refractivity contribution < 1.29 is 4.74 Å². The number of pyridine rings is 1. The Labute approximate surface area is 110 Å². The number of fused-ring (bicyclic) bond motifs is 1. The lowest BCUT2D eigenvalue weighted by Crippen LogP contribution is -2.19. The molecule has 2 N–H and O–H groups in total. The fourth-order valence-corrected chi connectivity index (χ4v) is 2.59. The maximum atomic E-state index is 5.95. The molecule has 0 aliphatic carbocycles. The van der Waals surface area contributed by atoms with Gasteiger partial charge in [0, 0.05) is 25.3 Å². The van der Waals surface area contributed by atoms with Gasteiger partial charge in [0.15, 0.2) is 5.65 Å². The molecular weight excluding hydrogens is 252 g/mol. The van der Waals surface area contributed by atoms with E-state index in [2.05, 4.69) is 16.9 Å². The fourth-order valence-electron chi connectivity index (χ4n) is 2.43. The molecular formula is C12H15ClN4O. The quantitative estimate of drug-likeness (QED) is 0.904. The third-order valence-corrected chi connectivity index (χ3v) is 3.74. The molecule has 0 amide bonds. The summed E-state index contributed by atoms with van der Waals surface area (Å²) < 4.78 is 7.52. The van der Waals surface area contributed by atoms with Gasteiger partial charge in [-0.15, -0.1) is 0 Å². The average Bonchev–Trinajstić information content (AvgIpc) is 2.85. The molecule has 96 valence electrons. The zero-order valence-electron chi connectivity index (χ0n) is 10.1. The SMILES string of the molecule is CC1OCCC1Cn1c(N)nc2cc(Cl)cnc21. The van der Waals surface area contributed by atoms with E-state index in [0.29, 0.717) is 16.9 Å². The number of anilines is 1. The molecule has 0 radical (unpaired) electrons. The van der Waals surface area contributed by atoms with Crippen molar-refractivity contribution in [1.82, 2.24) is 14.5 Å². The van der Waals surface area contributed by atoms with Crippen LogP contribution in [0.4, 0.5) is 5.95 Å². The first-order valence-electron chi connectivity index (χ1n) is 6.04. The molecule has 0 aromatic carbocycles. The molecule has 1 saturated heterocycles. The number of nitrogen functional groups attached to an aromatic ring is 1. The number of nitrogens with two attached hydrogens (primary N) is 1. The van der Waals surface area contributed by atoms with Gasteiger partial charge in [-0.2, -0.15) is 0 Å². The fraction of sp³-hybridized carbons (Fsp3) is 0.500. The van der Waals surface area contributed by atoms with Gasteiger partial charge in [-0.25, -0.2) is 9.97 Å². The van der Waals surface area contributed by atoms with Gasteiger partial charge in [0.05, 0.1) is 11.1 Å². The van der Waals surface area contributed by atoms with Crippen LogP contribution in [0.25, 0.3) is 11.2 Å². The maximum absolute atomic E-state index is 5.95. The lowest BCUT2D eigenvalue weighted by atomic mass is 10.0. The Kier molecular flexibility index (Phi) is 2.87. The Morgan fingerprint density at radius 3 is 3.17 bits per heavy atom. The second-order valence-electron chi connectivity index (χ2n) is 4.70. The van der Waals surface area contributed by atoms with Crippen molar-refractivity contribution in [2.45, 2.75) is 26.0 Å². The van der Waals surface area contributed by atoms with E-state index in [1.807, 2.05) is 4.57 Å². The van der Waals surface area contributed by atoms with Crippen LogP contribution in [0.3, 0.4) is 0 Å². The summed E-state index contributed by atoms with van der Waals surface area (Å²) in [5, 5.41) is 0.574. The van der Waals surface area contributed by atoms with Crippen molar-refractivity contribution in [3.63, 3.8) is 0 Å². The number of halogens is 1. The van der Waals surface area contributed by atoms with Crippen molar-refractivity contribution in [2.24, 2.45) is 5.92 Å². The normalized spacial score (nSPS) is 23.9. The topological polar surface area (TPSA) is 66.0 Å². The highest BCUT2D eigenvalue weighted by Gasteiger charge is 2.26. The standard InChI is InChI=1S/C12H15ClN4O/c1-7-8(2-3-18-7)6-17-11-10(16-12(17)14)4-9(13)5-15-11/h4-5,7-8H,2-3,6H2,1H3,(H2,14,16). The molecule has 3 heterocycles. The number of nitrogens with zero attached hydrogens (tertiary/aromatic N) is 3. The lowest BCUT2D eigenvalue weighted by Gasteiger charge is -2.15. The second kappa shape index (κ2) is 4.40. The van der Waals surface area contributed by atoms with Crippen LogP contribution < -0.4 is 5.73 Å². The van der Waals surface area contributed by atoms with Crippen LogP contribution in [0.15, 0.2) is 12.3 Å². The van der Waals surface area contributed by atoms with Gasteiger partial charge >= 0.3 is 0 Å². The second-order valence-corrected chi connectivity index (χ2v) is 5.14. The van der Waals surface area contributed by atoms with E-state index >= 15 is 0 Å². The smallest absolute Gasteiger partial charge is 0.202 e. The summed E-state index contributed by atoms with van der Waals surface area (Å²) in [4.78, 5) is 8.61. The molecule has 2 unspecified atom stereocenters. The highest BCUT2D eigenvalue weighted by Crippen LogP contribution is 2.26. The van der Waals surface area contributed by atoms with Crippen molar-refractivity contribution in [1.29, 1.82) is 0 Å². The Hall–Kier alpha value is -1.33. The first kappa shape index (κ1) is 11.7. The third-order valence-electron chi connectivity index (χ3n) is 3.53. The van der Waals surface area contributed by atoms with E-state index in [-0.39, 0.29) is 6.10 Å². The molecule has 5 nitrogen and oxygen atoms in total. The monoisotopic (exact) mass is 266 g/mol. The molecule has 3 rings (SSSR count). The number of imidazole rings is 1. The minimum Gasteiger partial charge on any atom is -0.378 e. The van der Waals surface area contributed by atoms with Gasteiger partial charge in [0.1, 0.15) is 5.52 Å². The number of ether oxygens (including phenoxy) is 1. The van der Waals surface area contributed by atoms with Crippen LogP contribution >= 0.6 is 11.6 Å². The first-order chi connectivity index (χ1) is 8.65. The van der Waals surface area contributed by atoms with Gasteiger partial charge in [0.2, 0.25) is 5.95 Å². The predicted octanol–water partition coefficient (Wildman–Crippen LogP) is 2.09. The Bertz CT molecular complexity index is 583. The molecule has 1 fully saturated rings. The van der Waals surface area contributed by atoms with Crippen LogP contribution in [-0.4, -0.2) is 27.2 Å². The average molecular weight is 267 g/mol. The first-order valence-corrected chi connectivity index (χ1v) is 6.42. The number of hydrogen-bond acceptors (Lipinski definition) is 4. The zero-order chi connectivity index (χ0) is 12.7.